The molecule has 8 heteroatoms. The Morgan fingerprint density at radius 2 is 2.13 bits per heavy atom. The molecule has 7 nitrogen and oxygen atoms in total. The fourth-order valence-corrected chi connectivity index (χ4v) is 4.76. The van der Waals surface area contributed by atoms with Crippen LogP contribution < -0.4 is 4.74 Å². The van der Waals surface area contributed by atoms with Crippen LogP contribution in [0, 0.1) is 13.8 Å². The van der Waals surface area contributed by atoms with E-state index in [1.54, 1.807) is 44.0 Å². The highest BCUT2D eigenvalue weighted by Gasteiger charge is 2.36. The van der Waals surface area contributed by atoms with Gasteiger partial charge in [-0.25, -0.2) is 8.42 Å². The summed E-state index contributed by atoms with van der Waals surface area (Å²) in [5.74, 6) is 0.658. The molecule has 1 aliphatic heterocycles. The molecule has 0 spiro atoms. The predicted octanol–water partition coefficient (Wildman–Crippen LogP) is 1.27. The van der Waals surface area contributed by atoms with Crippen LogP contribution in [0.15, 0.2) is 29.4 Å². The minimum absolute atomic E-state index is 0.161. The molecule has 0 saturated carbocycles. The van der Waals surface area contributed by atoms with E-state index in [9.17, 15) is 8.42 Å². The van der Waals surface area contributed by atoms with Gasteiger partial charge in [-0.05, 0) is 32.4 Å². The first-order valence-corrected chi connectivity index (χ1v) is 8.90. The first-order valence-electron chi connectivity index (χ1n) is 7.46. The SMILES string of the molecule is Cc1nn(C)c(C)c1S(=O)(=O)N1CCC(Oc2cccnc2)C1. The fourth-order valence-electron chi connectivity index (χ4n) is 2.88. The third kappa shape index (κ3) is 2.96. The van der Waals surface area contributed by atoms with Crippen molar-refractivity contribution < 1.29 is 13.2 Å². The van der Waals surface area contributed by atoms with E-state index in [2.05, 4.69) is 10.1 Å². The topological polar surface area (TPSA) is 77.3 Å². The Morgan fingerprint density at radius 3 is 2.74 bits per heavy atom. The standard InChI is InChI=1S/C15H20N4O3S/c1-11-15(12(2)18(3)17-11)23(20,21)19-8-6-14(10-19)22-13-5-4-7-16-9-13/h4-5,7,9,14H,6,8,10H2,1-3H3. The third-order valence-corrected chi connectivity index (χ3v) is 6.20. The smallest absolute Gasteiger partial charge is 0.246 e. The minimum Gasteiger partial charge on any atom is -0.487 e. The molecule has 2 aromatic rings. The second kappa shape index (κ2) is 5.93. The zero-order chi connectivity index (χ0) is 16.6. The highest BCUT2D eigenvalue weighted by molar-refractivity contribution is 7.89. The molecule has 3 rings (SSSR count). The van der Waals surface area contributed by atoms with Crippen LogP contribution in [-0.4, -0.2) is 46.7 Å². The number of pyridine rings is 1. The van der Waals surface area contributed by atoms with Crippen molar-refractivity contribution in [3.63, 3.8) is 0 Å². The van der Waals surface area contributed by atoms with E-state index in [1.165, 1.54) is 4.31 Å². The van der Waals surface area contributed by atoms with E-state index in [4.69, 9.17) is 4.74 Å². The minimum atomic E-state index is -3.55. The van der Waals surface area contributed by atoms with Gasteiger partial charge in [0.25, 0.3) is 0 Å². The van der Waals surface area contributed by atoms with Gasteiger partial charge in [0.2, 0.25) is 10.0 Å². The van der Waals surface area contributed by atoms with Crippen molar-refractivity contribution in [2.45, 2.75) is 31.3 Å². The molecule has 1 unspecified atom stereocenters. The lowest BCUT2D eigenvalue weighted by molar-refractivity contribution is 0.214. The summed E-state index contributed by atoms with van der Waals surface area (Å²) >= 11 is 0. The van der Waals surface area contributed by atoms with Gasteiger partial charge in [-0.1, -0.05) is 0 Å². The molecular weight excluding hydrogens is 316 g/mol. The summed E-state index contributed by atoms with van der Waals surface area (Å²) in [4.78, 5) is 4.31. The van der Waals surface area contributed by atoms with Crippen molar-refractivity contribution in [1.29, 1.82) is 0 Å². The first-order chi connectivity index (χ1) is 10.9. The predicted molar refractivity (Wildman–Crippen MR) is 84.7 cm³/mol. The fraction of sp³-hybridized carbons (Fsp3) is 0.467. The molecular formula is C15H20N4O3S. The Bertz CT molecular complexity index is 802. The highest BCUT2D eigenvalue weighted by Crippen LogP contribution is 2.27. The van der Waals surface area contributed by atoms with Gasteiger partial charge in [-0.3, -0.25) is 9.67 Å². The largest absolute Gasteiger partial charge is 0.487 e. The van der Waals surface area contributed by atoms with Gasteiger partial charge in [0.1, 0.15) is 16.7 Å². The number of hydrogen-bond acceptors (Lipinski definition) is 5. The van der Waals surface area contributed by atoms with E-state index < -0.39 is 10.0 Å². The number of rotatable bonds is 4. The number of sulfonamides is 1. The summed E-state index contributed by atoms with van der Waals surface area (Å²) in [5.41, 5.74) is 1.18. The number of ether oxygens (including phenoxy) is 1. The lowest BCUT2D eigenvalue weighted by atomic mass is 10.3. The molecule has 23 heavy (non-hydrogen) atoms. The maximum absolute atomic E-state index is 12.9. The maximum Gasteiger partial charge on any atom is 0.246 e. The number of aryl methyl sites for hydroxylation is 2. The van der Waals surface area contributed by atoms with Crippen LogP contribution in [0.25, 0.3) is 0 Å². The number of nitrogens with zero attached hydrogens (tertiary/aromatic N) is 4. The summed E-state index contributed by atoms with van der Waals surface area (Å²) in [5, 5.41) is 4.21. The zero-order valence-electron chi connectivity index (χ0n) is 13.4. The summed E-state index contributed by atoms with van der Waals surface area (Å²) in [6.45, 7) is 4.28. The van der Waals surface area contributed by atoms with Crippen LogP contribution in [-0.2, 0) is 17.1 Å². The Labute approximate surface area is 135 Å². The van der Waals surface area contributed by atoms with Crippen molar-refractivity contribution in [3.05, 3.63) is 35.9 Å². The van der Waals surface area contributed by atoms with Gasteiger partial charge in [0, 0.05) is 19.8 Å². The second-order valence-corrected chi connectivity index (χ2v) is 7.58. The summed E-state index contributed by atoms with van der Waals surface area (Å²) in [6.07, 6.45) is 3.80. The van der Waals surface area contributed by atoms with Gasteiger partial charge in [0.15, 0.2) is 0 Å². The molecule has 1 aliphatic rings. The molecule has 1 fully saturated rings. The van der Waals surface area contributed by atoms with Gasteiger partial charge in [0.05, 0.1) is 24.1 Å². The normalized spacial score (nSPS) is 19.2. The Balaban J connectivity index is 1.78. The number of hydrogen-bond donors (Lipinski definition) is 0. The van der Waals surface area contributed by atoms with Crippen LogP contribution in [0.2, 0.25) is 0 Å². The van der Waals surface area contributed by atoms with E-state index in [0.29, 0.717) is 41.5 Å². The molecule has 0 aromatic carbocycles. The van der Waals surface area contributed by atoms with Crippen molar-refractivity contribution in [3.8, 4) is 5.75 Å². The molecule has 124 valence electrons. The average Bonchev–Trinajstić information content (AvgIpc) is 3.06. The third-order valence-electron chi connectivity index (χ3n) is 4.09. The van der Waals surface area contributed by atoms with E-state index in [-0.39, 0.29) is 6.10 Å². The molecule has 2 aromatic heterocycles. The monoisotopic (exact) mass is 336 g/mol. The van der Waals surface area contributed by atoms with Gasteiger partial charge >= 0.3 is 0 Å². The quantitative estimate of drug-likeness (QED) is 0.840. The maximum atomic E-state index is 12.9. The lowest BCUT2D eigenvalue weighted by Crippen LogP contribution is -2.31. The summed E-state index contributed by atoms with van der Waals surface area (Å²) in [6, 6.07) is 3.61. The van der Waals surface area contributed by atoms with Gasteiger partial charge in [-0.2, -0.15) is 9.40 Å². The number of aromatic nitrogens is 3. The zero-order valence-corrected chi connectivity index (χ0v) is 14.2. The molecule has 3 heterocycles. The molecule has 1 saturated heterocycles. The van der Waals surface area contributed by atoms with Crippen molar-refractivity contribution in [1.82, 2.24) is 19.1 Å². The summed E-state index contributed by atoms with van der Waals surface area (Å²) in [7, 11) is -1.80. The molecule has 0 aliphatic carbocycles. The van der Waals surface area contributed by atoms with Crippen LogP contribution in [0.1, 0.15) is 17.8 Å². The van der Waals surface area contributed by atoms with Crippen molar-refractivity contribution in [2.24, 2.45) is 7.05 Å². The molecule has 0 radical (unpaired) electrons. The van der Waals surface area contributed by atoms with E-state index in [0.717, 1.165) is 0 Å². The van der Waals surface area contributed by atoms with Crippen molar-refractivity contribution in [2.75, 3.05) is 13.1 Å². The first kappa shape index (κ1) is 15.9. The Kier molecular flexibility index (Phi) is 4.11. The lowest BCUT2D eigenvalue weighted by Gasteiger charge is -2.17. The highest BCUT2D eigenvalue weighted by atomic mass is 32.2. The van der Waals surface area contributed by atoms with Crippen LogP contribution in [0.3, 0.4) is 0 Å². The Hall–Kier alpha value is -1.93. The summed E-state index contributed by atoms with van der Waals surface area (Å²) < 4.78 is 34.7. The molecule has 1 atom stereocenters. The van der Waals surface area contributed by atoms with Crippen LogP contribution >= 0.6 is 0 Å². The van der Waals surface area contributed by atoms with E-state index >= 15 is 0 Å². The average molecular weight is 336 g/mol. The van der Waals surface area contributed by atoms with E-state index in [1.807, 2.05) is 6.07 Å². The molecule has 0 amide bonds. The molecule has 0 bridgehead atoms. The van der Waals surface area contributed by atoms with Crippen LogP contribution in [0.4, 0.5) is 0 Å². The second-order valence-electron chi connectivity index (χ2n) is 5.70. The van der Waals surface area contributed by atoms with Crippen molar-refractivity contribution >= 4 is 10.0 Å². The molecule has 0 N–H and O–H groups in total. The van der Waals surface area contributed by atoms with Gasteiger partial charge < -0.3 is 4.74 Å². The Morgan fingerprint density at radius 1 is 1.35 bits per heavy atom. The van der Waals surface area contributed by atoms with Gasteiger partial charge in [-0.15, -0.1) is 0 Å². The van der Waals surface area contributed by atoms with Crippen LogP contribution in [0.5, 0.6) is 5.75 Å².